The number of benzene rings is 1. The Bertz CT molecular complexity index is 478. The monoisotopic (exact) mass is 262 g/mol. The van der Waals surface area contributed by atoms with Crippen LogP contribution in [0.4, 0.5) is 10.5 Å². The number of urea groups is 1. The second-order valence-electron chi connectivity index (χ2n) is 5.04. The average Bonchev–Trinajstić information content (AvgIpc) is 3.18. The van der Waals surface area contributed by atoms with E-state index in [-0.39, 0.29) is 11.6 Å². The molecule has 0 saturated heterocycles. The Labute approximate surface area is 112 Å². The van der Waals surface area contributed by atoms with Crippen molar-refractivity contribution >= 4 is 17.7 Å². The van der Waals surface area contributed by atoms with Gasteiger partial charge in [-0.1, -0.05) is 6.92 Å². The standard InChI is InChI=1S/C14H18N2O3/c1-2-14(7-8-14)9-15-13(19)16-11-5-3-10(4-6-11)12(17)18/h3-6H,2,7-9H2,1H3,(H,17,18)(H2,15,16,19). The third-order valence-electron chi connectivity index (χ3n) is 3.72. The van der Waals surface area contributed by atoms with Crippen LogP contribution in [0.5, 0.6) is 0 Å². The van der Waals surface area contributed by atoms with Crippen molar-refractivity contribution in [3.63, 3.8) is 0 Å². The molecule has 2 amide bonds. The largest absolute Gasteiger partial charge is 0.478 e. The first-order valence-corrected chi connectivity index (χ1v) is 6.43. The van der Waals surface area contributed by atoms with E-state index in [4.69, 9.17) is 5.11 Å². The fourth-order valence-electron chi connectivity index (χ4n) is 1.97. The lowest BCUT2D eigenvalue weighted by atomic mass is 10.0. The number of amides is 2. The van der Waals surface area contributed by atoms with Gasteiger partial charge >= 0.3 is 12.0 Å². The van der Waals surface area contributed by atoms with Crippen molar-refractivity contribution in [2.75, 3.05) is 11.9 Å². The van der Waals surface area contributed by atoms with Gasteiger partial charge in [-0.15, -0.1) is 0 Å². The molecule has 0 unspecified atom stereocenters. The number of hydrogen-bond acceptors (Lipinski definition) is 2. The van der Waals surface area contributed by atoms with E-state index in [1.807, 2.05) is 0 Å². The molecule has 2 rings (SSSR count). The lowest BCUT2D eigenvalue weighted by Crippen LogP contribution is -2.33. The molecule has 0 bridgehead atoms. The summed E-state index contributed by atoms with van der Waals surface area (Å²) in [6, 6.07) is 5.84. The number of carboxylic acid groups (broad SMARTS) is 1. The lowest BCUT2D eigenvalue weighted by molar-refractivity contribution is 0.0697. The third-order valence-corrected chi connectivity index (χ3v) is 3.72. The molecule has 1 aromatic carbocycles. The summed E-state index contributed by atoms with van der Waals surface area (Å²) in [4.78, 5) is 22.4. The van der Waals surface area contributed by atoms with E-state index >= 15 is 0 Å². The maximum Gasteiger partial charge on any atom is 0.335 e. The quantitative estimate of drug-likeness (QED) is 0.763. The Kier molecular flexibility index (Phi) is 3.74. The summed E-state index contributed by atoms with van der Waals surface area (Å²) in [6.45, 7) is 2.83. The molecule has 0 spiro atoms. The first-order valence-electron chi connectivity index (χ1n) is 6.43. The van der Waals surface area contributed by atoms with Gasteiger partial charge in [-0.05, 0) is 48.9 Å². The fraction of sp³-hybridized carbons (Fsp3) is 0.429. The molecular formula is C14H18N2O3. The number of rotatable bonds is 5. The van der Waals surface area contributed by atoms with E-state index in [0.29, 0.717) is 17.6 Å². The van der Waals surface area contributed by atoms with Crippen molar-refractivity contribution in [1.82, 2.24) is 5.32 Å². The maximum absolute atomic E-state index is 11.7. The molecule has 1 saturated carbocycles. The van der Waals surface area contributed by atoms with Gasteiger partial charge in [-0.25, -0.2) is 9.59 Å². The summed E-state index contributed by atoms with van der Waals surface area (Å²) in [5.41, 5.74) is 1.10. The minimum absolute atomic E-state index is 0.203. The second kappa shape index (κ2) is 5.30. The number of carboxylic acids is 1. The SMILES string of the molecule is CCC1(CNC(=O)Nc2ccc(C(=O)O)cc2)CC1. The summed E-state index contributed by atoms with van der Waals surface area (Å²) in [7, 11) is 0. The van der Waals surface area contributed by atoms with E-state index in [9.17, 15) is 9.59 Å². The van der Waals surface area contributed by atoms with Gasteiger partial charge in [-0.3, -0.25) is 0 Å². The van der Waals surface area contributed by atoms with E-state index in [1.54, 1.807) is 12.1 Å². The second-order valence-corrected chi connectivity index (χ2v) is 5.04. The summed E-state index contributed by atoms with van der Waals surface area (Å²) in [6.07, 6.45) is 3.44. The molecule has 3 N–H and O–H groups in total. The topological polar surface area (TPSA) is 78.4 Å². The minimum atomic E-state index is -0.977. The zero-order valence-electron chi connectivity index (χ0n) is 10.9. The van der Waals surface area contributed by atoms with Crippen LogP contribution in [0.1, 0.15) is 36.5 Å². The molecule has 19 heavy (non-hydrogen) atoms. The van der Waals surface area contributed by atoms with Crippen LogP contribution in [0.15, 0.2) is 24.3 Å². The van der Waals surface area contributed by atoms with Gasteiger partial charge in [0.1, 0.15) is 0 Å². The van der Waals surface area contributed by atoms with Gasteiger partial charge in [0.15, 0.2) is 0 Å². The number of carbonyl (C=O) groups excluding carboxylic acids is 1. The first kappa shape index (κ1) is 13.4. The Morgan fingerprint density at radius 3 is 2.37 bits per heavy atom. The smallest absolute Gasteiger partial charge is 0.335 e. The van der Waals surface area contributed by atoms with Gasteiger partial charge in [-0.2, -0.15) is 0 Å². The number of aromatic carboxylic acids is 1. The van der Waals surface area contributed by atoms with Gasteiger partial charge < -0.3 is 15.7 Å². The molecule has 0 heterocycles. The van der Waals surface area contributed by atoms with Crippen molar-refractivity contribution in [3.05, 3.63) is 29.8 Å². The molecule has 5 heteroatoms. The number of hydrogen-bond donors (Lipinski definition) is 3. The highest BCUT2D eigenvalue weighted by molar-refractivity contribution is 5.91. The Balaban J connectivity index is 1.83. The normalized spacial score (nSPS) is 15.6. The zero-order chi connectivity index (χ0) is 13.9. The average molecular weight is 262 g/mol. The van der Waals surface area contributed by atoms with Crippen molar-refractivity contribution < 1.29 is 14.7 Å². The molecule has 0 aromatic heterocycles. The molecule has 1 fully saturated rings. The van der Waals surface area contributed by atoms with Gasteiger partial charge in [0.05, 0.1) is 5.56 Å². The van der Waals surface area contributed by atoms with Crippen molar-refractivity contribution in [1.29, 1.82) is 0 Å². The molecule has 1 aliphatic carbocycles. The summed E-state index contributed by atoms with van der Waals surface area (Å²) >= 11 is 0. The van der Waals surface area contributed by atoms with Crippen LogP contribution in [-0.2, 0) is 0 Å². The van der Waals surface area contributed by atoms with E-state index in [2.05, 4.69) is 17.6 Å². The van der Waals surface area contributed by atoms with Gasteiger partial charge in [0.25, 0.3) is 0 Å². The van der Waals surface area contributed by atoms with Crippen LogP contribution < -0.4 is 10.6 Å². The molecular weight excluding hydrogens is 244 g/mol. The van der Waals surface area contributed by atoms with Crippen LogP contribution in [0, 0.1) is 5.41 Å². The number of nitrogens with one attached hydrogen (secondary N) is 2. The molecule has 0 atom stereocenters. The van der Waals surface area contributed by atoms with Crippen molar-refractivity contribution in [3.8, 4) is 0 Å². The van der Waals surface area contributed by atoms with Gasteiger partial charge in [0.2, 0.25) is 0 Å². The maximum atomic E-state index is 11.7. The summed E-state index contributed by atoms with van der Waals surface area (Å²) in [5.74, 6) is -0.977. The Hall–Kier alpha value is -2.04. The highest BCUT2D eigenvalue weighted by Crippen LogP contribution is 2.47. The van der Waals surface area contributed by atoms with Crippen LogP contribution in [0.2, 0.25) is 0 Å². The van der Waals surface area contributed by atoms with E-state index in [1.165, 1.54) is 25.0 Å². The van der Waals surface area contributed by atoms with Gasteiger partial charge in [0, 0.05) is 12.2 Å². The van der Waals surface area contributed by atoms with Crippen molar-refractivity contribution in [2.24, 2.45) is 5.41 Å². The number of carbonyl (C=O) groups is 2. The van der Waals surface area contributed by atoms with Crippen LogP contribution in [0.25, 0.3) is 0 Å². The molecule has 0 aliphatic heterocycles. The minimum Gasteiger partial charge on any atom is -0.478 e. The summed E-state index contributed by atoms with van der Waals surface area (Å²) < 4.78 is 0. The Morgan fingerprint density at radius 1 is 1.26 bits per heavy atom. The highest BCUT2D eigenvalue weighted by Gasteiger charge is 2.40. The fourth-order valence-corrected chi connectivity index (χ4v) is 1.97. The first-order chi connectivity index (χ1) is 9.04. The molecule has 0 radical (unpaired) electrons. The van der Waals surface area contributed by atoms with Crippen LogP contribution in [-0.4, -0.2) is 23.7 Å². The predicted octanol–water partition coefficient (Wildman–Crippen LogP) is 2.70. The van der Waals surface area contributed by atoms with E-state index in [0.717, 1.165) is 6.42 Å². The lowest BCUT2D eigenvalue weighted by Gasteiger charge is -2.14. The molecule has 1 aliphatic rings. The Morgan fingerprint density at radius 2 is 1.89 bits per heavy atom. The molecule has 102 valence electrons. The number of anilines is 1. The highest BCUT2D eigenvalue weighted by atomic mass is 16.4. The molecule has 1 aromatic rings. The van der Waals surface area contributed by atoms with E-state index < -0.39 is 5.97 Å². The zero-order valence-corrected chi connectivity index (χ0v) is 10.9. The van der Waals surface area contributed by atoms with Crippen molar-refractivity contribution in [2.45, 2.75) is 26.2 Å². The third kappa shape index (κ3) is 3.47. The predicted molar refractivity (Wildman–Crippen MR) is 72.4 cm³/mol. The molecule has 5 nitrogen and oxygen atoms in total. The summed E-state index contributed by atoms with van der Waals surface area (Å²) in [5, 5.41) is 14.3. The van der Waals surface area contributed by atoms with Crippen LogP contribution >= 0.6 is 0 Å². The van der Waals surface area contributed by atoms with Crippen LogP contribution in [0.3, 0.4) is 0 Å².